The van der Waals surface area contributed by atoms with Crippen LogP contribution in [0, 0.1) is 6.92 Å². The van der Waals surface area contributed by atoms with E-state index in [-0.39, 0.29) is 5.91 Å². The normalized spacial score (nSPS) is 10.6. The molecule has 0 radical (unpaired) electrons. The van der Waals surface area contributed by atoms with Crippen molar-refractivity contribution >= 4 is 11.6 Å². The van der Waals surface area contributed by atoms with E-state index in [1.807, 2.05) is 49.5 Å². The van der Waals surface area contributed by atoms with Crippen LogP contribution < -0.4 is 10.1 Å². The molecule has 0 saturated heterocycles. The minimum atomic E-state index is 0.0271. The van der Waals surface area contributed by atoms with Crippen LogP contribution >= 0.6 is 0 Å². The summed E-state index contributed by atoms with van der Waals surface area (Å²) in [4.78, 5) is 14.1. The molecule has 0 aliphatic carbocycles. The first-order valence-electron chi connectivity index (χ1n) is 7.75. The number of aryl methyl sites for hydroxylation is 1. The standard InChI is InChI=1S/C19H24N2O2/c1-15-9-10-18(23-3)16(13-15)14-21(2)12-11-19(22)20-17-7-5-4-6-8-17/h4-10,13H,11-12,14H2,1-3H3,(H,20,22). The van der Waals surface area contributed by atoms with Crippen molar-refractivity contribution in [3.05, 3.63) is 59.7 Å². The maximum Gasteiger partial charge on any atom is 0.225 e. The van der Waals surface area contributed by atoms with E-state index in [4.69, 9.17) is 4.74 Å². The smallest absolute Gasteiger partial charge is 0.225 e. The number of hydrogen-bond acceptors (Lipinski definition) is 3. The zero-order valence-electron chi connectivity index (χ0n) is 14.0. The lowest BCUT2D eigenvalue weighted by Crippen LogP contribution is -2.24. The van der Waals surface area contributed by atoms with E-state index < -0.39 is 0 Å². The second-order valence-corrected chi connectivity index (χ2v) is 5.72. The summed E-state index contributed by atoms with van der Waals surface area (Å²) in [5.74, 6) is 0.912. The second-order valence-electron chi connectivity index (χ2n) is 5.72. The highest BCUT2D eigenvalue weighted by Crippen LogP contribution is 2.21. The summed E-state index contributed by atoms with van der Waals surface area (Å²) in [5.41, 5.74) is 3.18. The fourth-order valence-electron chi connectivity index (χ4n) is 2.44. The number of ether oxygens (including phenoxy) is 1. The van der Waals surface area contributed by atoms with Crippen molar-refractivity contribution in [3.8, 4) is 5.75 Å². The van der Waals surface area contributed by atoms with E-state index in [0.717, 1.165) is 23.5 Å². The van der Waals surface area contributed by atoms with Gasteiger partial charge in [-0.2, -0.15) is 0 Å². The third kappa shape index (κ3) is 5.42. The van der Waals surface area contributed by atoms with Crippen LogP contribution in [0.5, 0.6) is 5.75 Å². The Labute approximate surface area is 138 Å². The maximum absolute atomic E-state index is 12.0. The van der Waals surface area contributed by atoms with E-state index in [9.17, 15) is 4.79 Å². The van der Waals surface area contributed by atoms with Gasteiger partial charge in [0.25, 0.3) is 0 Å². The van der Waals surface area contributed by atoms with E-state index in [1.54, 1.807) is 7.11 Å². The van der Waals surface area contributed by atoms with Crippen molar-refractivity contribution in [2.24, 2.45) is 0 Å². The molecular formula is C19H24N2O2. The molecule has 0 bridgehead atoms. The molecule has 0 spiro atoms. The first-order valence-corrected chi connectivity index (χ1v) is 7.75. The number of carbonyl (C=O) groups excluding carboxylic acids is 1. The number of benzene rings is 2. The molecule has 2 aromatic rings. The van der Waals surface area contributed by atoms with Crippen molar-refractivity contribution in [1.82, 2.24) is 4.90 Å². The van der Waals surface area contributed by atoms with Gasteiger partial charge in [0.2, 0.25) is 5.91 Å². The Morgan fingerprint density at radius 1 is 1.17 bits per heavy atom. The van der Waals surface area contributed by atoms with Gasteiger partial charge in [0.15, 0.2) is 0 Å². The number of rotatable bonds is 7. The zero-order chi connectivity index (χ0) is 16.7. The van der Waals surface area contributed by atoms with Gasteiger partial charge in [-0.1, -0.05) is 35.9 Å². The summed E-state index contributed by atoms with van der Waals surface area (Å²) in [6, 6.07) is 15.7. The summed E-state index contributed by atoms with van der Waals surface area (Å²) in [7, 11) is 3.69. The molecule has 0 unspecified atom stereocenters. The van der Waals surface area contributed by atoms with Crippen LogP contribution in [0.25, 0.3) is 0 Å². The van der Waals surface area contributed by atoms with Crippen LogP contribution in [0.4, 0.5) is 5.69 Å². The van der Waals surface area contributed by atoms with Crippen molar-refractivity contribution in [2.45, 2.75) is 19.9 Å². The van der Waals surface area contributed by atoms with Gasteiger partial charge in [-0.05, 0) is 32.2 Å². The average Bonchev–Trinajstić information content (AvgIpc) is 2.54. The van der Waals surface area contributed by atoms with Crippen LogP contribution in [0.15, 0.2) is 48.5 Å². The number of nitrogens with zero attached hydrogens (tertiary/aromatic N) is 1. The summed E-state index contributed by atoms with van der Waals surface area (Å²) in [6.07, 6.45) is 0.458. The Balaban J connectivity index is 1.84. The quantitative estimate of drug-likeness (QED) is 0.851. The molecule has 2 rings (SSSR count). The third-order valence-corrected chi connectivity index (χ3v) is 3.65. The van der Waals surface area contributed by atoms with E-state index in [1.165, 1.54) is 5.56 Å². The van der Waals surface area contributed by atoms with Gasteiger partial charge >= 0.3 is 0 Å². The predicted molar refractivity (Wildman–Crippen MR) is 93.8 cm³/mol. The number of nitrogens with one attached hydrogen (secondary N) is 1. The fraction of sp³-hybridized carbons (Fsp3) is 0.316. The SMILES string of the molecule is COc1ccc(C)cc1CN(C)CCC(=O)Nc1ccccc1. The van der Waals surface area contributed by atoms with E-state index >= 15 is 0 Å². The lowest BCUT2D eigenvalue weighted by Gasteiger charge is -2.18. The summed E-state index contributed by atoms with van der Waals surface area (Å²) in [5, 5.41) is 2.90. The molecule has 0 aliphatic heterocycles. The molecule has 23 heavy (non-hydrogen) atoms. The Kier molecular flexibility index (Phi) is 6.18. The van der Waals surface area contributed by atoms with Gasteiger partial charge in [-0.3, -0.25) is 4.79 Å². The van der Waals surface area contributed by atoms with Crippen LogP contribution in [-0.2, 0) is 11.3 Å². The lowest BCUT2D eigenvalue weighted by atomic mass is 10.1. The highest BCUT2D eigenvalue weighted by atomic mass is 16.5. The van der Waals surface area contributed by atoms with Crippen molar-refractivity contribution in [3.63, 3.8) is 0 Å². The zero-order valence-corrected chi connectivity index (χ0v) is 14.0. The minimum Gasteiger partial charge on any atom is -0.496 e. The first kappa shape index (κ1) is 17.0. The molecule has 0 saturated carbocycles. The first-order chi connectivity index (χ1) is 11.1. The molecular weight excluding hydrogens is 288 g/mol. The second kappa shape index (κ2) is 8.34. The largest absolute Gasteiger partial charge is 0.496 e. The molecule has 0 atom stereocenters. The van der Waals surface area contributed by atoms with Gasteiger partial charge in [0.05, 0.1) is 7.11 Å². The maximum atomic E-state index is 12.0. The fourth-order valence-corrected chi connectivity index (χ4v) is 2.44. The van der Waals surface area contributed by atoms with Gasteiger partial charge in [-0.15, -0.1) is 0 Å². The van der Waals surface area contributed by atoms with Crippen LogP contribution in [0.2, 0.25) is 0 Å². The Hall–Kier alpha value is -2.33. The Morgan fingerprint density at radius 3 is 2.61 bits per heavy atom. The molecule has 122 valence electrons. The average molecular weight is 312 g/mol. The van der Waals surface area contributed by atoms with Gasteiger partial charge in [0, 0.05) is 30.8 Å². The van der Waals surface area contributed by atoms with E-state index in [0.29, 0.717) is 13.0 Å². The molecule has 0 aliphatic rings. The summed E-state index contributed by atoms with van der Waals surface area (Å²) < 4.78 is 5.40. The van der Waals surface area contributed by atoms with Crippen LogP contribution in [-0.4, -0.2) is 31.5 Å². The third-order valence-electron chi connectivity index (χ3n) is 3.65. The summed E-state index contributed by atoms with van der Waals surface area (Å²) in [6.45, 7) is 3.51. The topological polar surface area (TPSA) is 41.6 Å². The summed E-state index contributed by atoms with van der Waals surface area (Å²) >= 11 is 0. The lowest BCUT2D eigenvalue weighted by molar-refractivity contribution is -0.116. The Bertz CT molecular complexity index is 641. The number of methoxy groups -OCH3 is 1. The number of anilines is 1. The molecule has 0 heterocycles. The van der Waals surface area contributed by atoms with Gasteiger partial charge in [0.1, 0.15) is 5.75 Å². The van der Waals surface area contributed by atoms with Gasteiger partial charge < -0.3 is 15.0 Å². The monoisotopic (exact) mass is 312 g/mol. The van der Waals surface area contributed by atoms with Crippen LogP contribution in [0.3, 0.4) is 0 Å². The molecule has 0 fully saturated rings. The molecule has 2 aromatic carbocycles. The van der Waals surface area contributed by atoms with Gasteiger partial charge in [-0.25, -0.2) is 0 Å². The molecule has 4 nitrogen and oxygen atoms in total. The molecule has 0 aromatic heterocycles. The highest BCUT2D eigenvalue weighted by Gasteiger charge is 2.09. The number of carbonyl (C=O) groups is 1. The van der Waals surface area contributed by atoms with Crippen LogP contribution in [0.1, 0.15) is 17.5 Å². The number of amides is 1. The molecule has 1 amide bonds. The van der Waals surface area contributed by atoms with E-state index in [2.05, 4.69) is 23.2 Å². The van der Waals surface area contributed by atoms with Crippen molar-refractivity contribution in [1.29, 1.82) is 0 Å². The van der Waals surface area contributed by atoms with Crippen molar-refractivity contribution in [2.75, 3.05) is 26.0 Å². The molecule has 4 heteroatoms. The number of hydrogen-bond donors (Lipinski definition) is 1. The van der Waals surface area contributed by atoms with Crippen molar-refractivity contribution < 1.29 is 9.53 Å². The predicted octanol–water partition coefficient (Wildman–Crippen LogP) is 3.46. The minimum absolute atomic E-state index is 0.0271. The Morgan fingerprint density at radius 2 is 1.91 bits per heavy atom. The highest BCUT2D eigenvalue weighted by molar-refractivity contribution is 5.90. The molecule has 1 N–H and O–H groups in total. The number of para-hydroxylation sites is 1.